The molecule has 0 aliphatic rings. The zero-order chi connectivity index (χ0) is 6.41. The molecule has 0 aliphatic carbocycles. The van der Waals surface area contributed by atoms with Gasteiger partial charge in [-0.2, -0.15) is 0 Å². The Morgan fingerprint density at radius 1 is 1.62 bits per heavy atom. The molecule has 0 bridgehead atoms. The van der Waals surface area contributed by atoms with E-state index in [-0.39, 0.29) is 0 Å². The van der Waals surface area contributed by atoms with Crippen LogP contribution in [0.15, 0.2) is 17.3 Å². The van der Waals surface area contributed by atoms with Crippen molar-refractivity contribution < 1.29 is 15.1 Å². The number of rotatable bonds is 2. The van der Waals surface area contributed by atoms with E-state index in [0.29, 0.717) is 0 Å². The molecule has 0 amide bonds. The molecule has 0 rings (SSSR count). The van der Waals surface area contributed by atoms with Crippen molar-refractivity contribution in [2.45, 2.75) is 0 Å². The average Bonchev–Trinajstić information content (AvgIpc) is 1.66. The van der Waals surface area contributed by atoms with Crippen molar-refractivity contribution in [1.29, 1.82) is 0 Å². The standard InChI is InChI=1S/C4H5NO3/c6-4(7)2-1-3-5-8/h1-3,8H,(H,6,7)/b2-1+,5-3?. The van der Waals surface area contributed by atoms with E-state index in [0.717, 1.165) is 18.4 Å². The van der Waals surface area contributed by atoms with Crippen LogP contribution in [0, 0.1) is 0 Å². The van der Waals surface area contributed by atoms with E-state index >= 15 is 0 Å². The average molecular weight is 115 g/mol. The molecule has 0 aromatic heterocycles. The summed E-state index contributed by atoms with van der Waals surface area (Å²) in [6.45, 7) is 0. The normalized spacial score (nSPS) is 11.0. The predicted molar refractivity (Wildman–Crippen MR) is 27.1 cm³/mol. The maximum absolute atomic E-state index is 9.64. The summed E-state index contributed by atoms with van der Waals surface area (Å²) in [6, 6.07) is 0. The second-order valence-corrected chi connectivity index (χ2v) is 0.962. The van der Waals surface area contributed by atoms with Gasteiger partial charge < -0.3 is 10.3 Å². The summed E-state index contributed by atoms with van der Waals surface area (Å²) in [5, 5.41) is 18.1. The fourth-order valence-corrected chi connectivity index (χ4v) is 0.164. The molecule has 0 saturated carbocycles. The maximum atomic E-state index is 9.64. The first-order valence-corrected chi connectivity index (χ1v) is 1.84. The Kier molecular flexibility index (Phi) is 3.22. The van der Waals surface area contributed by atoms with E-state index in [1.165, 1.54) is 0 Å². The lowest BCUT2D eigenvalue weighted by Crippen LogP contribution is -1.85. The van der Waals surface area contributed by atoms with Gasteiger partial charge in [-0.3, -0.25) is 0 Å². The molecule has 2 N–H and O–H groups in total. The summed E-state index contributed by atoms with van der Waals surface area (Å²) in [5.41, 5.74) is 0. The molecule has 0 unspecified atom stereocenters. The number of hydrogen-bond donors (Lipinski definition) is 2. The van der Waals surface area contributed by atoms with Gasteiger partial charge in [-0.05, 0) is 6.08 Å². The van der Waals surface area contributed by atoms with Crippen LogP contribution >= 0.6 is 0 Å². The number of carboxylic acids is 1. The summed E-state index contributed by atoms with van der Waals surface area (Å²) in [6.07, 6.45) is 2.94. The first-order valence-electron chi connectivity index (χ1n) is 1.84. The van der Waals surface area contributed by atoms with E-state index in [2.05, 4.69) is 5.16 Å². The van der Waals surface area contributed by atoms with Crippen LogP contribution in [0.5, 0.6) is 0 Å². The lowest BCUT2D eigenvalue weighted by molar-refractivity contribution is -0.131. The SMILES string of the molecule is O=C(O)/C=C/C=NO. The third kappa shape index (κ3) is 4.68. The smallest absolute Gasteiger partial charge is 0.328 e. The number of allylic oxidation sites excluding steroid dienone is 1. The van der Waals surface area contributed by atoms with Gasteiger partial charge in [0.15, 0.2) is 0 Å². The quantitative estimate of drug-likeness (QED) is 0.232. The zero-order valence-corrected chi connectivity index (χ0v) is 3.98. The van der Waals surface area contributed by atoms with Crippen LogP contribution in [-0.4, -0.2) is 22.5 Å². The van der Waals surface area contributed by atoms with Gasteiger partial charge in [0.2, 0.25) is 0 Å². The highest BCUT2D eigenvalue weighted by atomic mass is 16.4. The van der Waals surface area contributed by atoms with E-state index in [9.17, 15) is 4.79 Å². The van der Waals surface area contributed by atoms with Gasteiger partial charge in [-0.15, -0.1) is 0 Å². The summed E-state index contributed by atoms with van der Waals surface area (Å²) in [5.74, 6) is -1.06. The van der Waals surface area contributed by atoms with E-state index < -0.39 is 5.97 Å². The van der Waals surface area contributed by atoms with E-state index in [4.69, 9.17) is 10.3 Å². The molecule has 0 spiro atoms. The lowest BCUT2D eigenvalue weighted by atomic mass is 10.5. The van der Waals surface area contributed by atoms with Crippen molar-refractivity contribution in [2.75, 3.05) is 0 Å². The monoisotopic (exact) mass is 115 g/mol. The Balaban J connectivity index is 3.50. The van der Waals surface area contributed by atoms with Crippen molar-refractivity contribution in [3.05, 3.63) is 12.2 Å². The number of oxime groups is 1. The minimum absolute atomic E-state index is 0.861. The van der Waals surface area contributed by atoms with Gasteiger partial charge in [0.05, 0.1) is 6.21 Å². The first kappa shape index (κ1) is 6.68. The van der Waals surface area contributed by atoms with Crippen molar-refractivity contribution in [1.82, 2.24) is 0 Å². The molecule has 0 aromatic rings. The van der Waals surface area contributed by atoms with E-state index in [1.54, 1.807) is 0 Å². The largest absolute Gasteiger partial charge is 0.478 e. The summed E-state index contributed by atoms with van der Waals surface area (Å²) < 4.78 is 0. The molecule has 0 saturated heterocycles. The molecule has 44 valence electrons. The number of carbonyl (C=O) groups is 1. The van der Waals surface area contributed by atoms with Crippen molar-refractivity contribution in [3.63, 3.8) is 0 Å². The molecule has 0 fully saturated rings. The van der Waals surface area contributed by atoms with E-state index in [1.807, 2.05) is 0 Å². The Hall–Kier alpha value is -1.32. The van der Waals surface area contributed by atoms with Crippen molar-refractivity contribution in [3.8, 4) is 0 Å². The number of hydrogen-bond acceptors (Lipinski definition) is 3. The number of carboxylic acid groups (broad SMARTS) is 1. The third-order valence-electron chi connectivity index (χ3n) is 0.392. The second-order valence-electron chi connectivity index (χ2n) is 0.962. The van der Waals surface area contributed by atoms with Crippen molar-refractivity contribution >= 4 is 12.2 Å². The third-order valence-corrected chi connectivity index (χ3v) is 0.392. The number of nitrogens with zero attached hydrogens (tertiary/aromatic N) is 1. The first-order chi connectivity index (χ1) is 3.77. The Bertz CT molecular complexity index is 127. The zero-order valence-electron chi connectivity index (χ0n) is 3.98. The van der Waals surface area contributed by atoms with Crippen LogP contribution in [0.3, 0.4) is 0 Å². The van der Waals surface area contributed by atoms with Gasteiger partial charge in [0.25, 0.3) is 0 Å². The minimum atomic E-state index is -1.06. The molecule has 0 radical (unpaired) electrons. The highest BCUT2D eigenvalue weighted by molar-refractivity contribution is 5.86. The molecule has 8 heavy (non-hydrogen) atoms. The molecule has 0 aliphatic heterocycles. The highest BCUT2D eigenvalue weighted by Gasteiger charge is 1.79. The van der Waals surface area contributed by atoms with Crippen LogP contribution in [-0.2, 0) is 4.79 Å². The predicted octanol–water partition coefficient (Wildman–Crippen LogP) is 0.0872. The molecule has 0 atom stereocenters. The minimum Gasteiger partial charge on any atom is -0.478 e. The van der Waals surface area contributed by atoms with Gasteiger partial charge >= 0.3 is 5.97 Å². The maximum Gasteiger partial charge on any atom is 0.328 e. The topological polar surface area (TPSA) is 69.9 Å². The molecular weight excluding hydrogens is 110 g/mol. The highest BCUT2D eigenvalue weighted by Crippen LogP contribution is 1.66. The molecular formula is C4H5NO3. The summed E-state index contributed by atoms with van der Waals surface area (Å²) in [4.78, 5) is 9.64. The van der Waals surface area contributed by atoms with Crippen molar-refractivity contribution in [2.24, 2.45) is 5.16 Å². The van der Waals surface area contributed by atoms with Crippen LogP contribution < -0.4 is 0 Å². The van der Waals surface area contributed by atoms with Crippen LogP contribution in [0.25, 0.3) is 0 Å². The van der Waals surface area contributed by atoms with Crippen LogP contribution in [0.1, 0.15) is 0 Å². The Morgan fingerprint density at radius 2 is 2.25 bits per heavy atom. The Labute approximate surface area is 45.7 Å². The van der Waals surface area contributed by atoms with Gasteiger partial charge in [-0.1, -0.05) is 5.16 Å². The summed E-state index contributed by atoms with van der Waals surface area (Å²) in [7, 11) is 0. The van der Waals surface area contributed by atoms with Crippen LogP contribution in [0.4, 0.5) is 0 Å². The second kappa shape index (κ2) is 3.86. The number of aliphatic carboxylic acids is 1. The van der Waals surface area contributed by atoms with Gasteiger partial charge in [0, 0.05) is 6.08 Å². The fraction of sp³-hybridized carbons (Fsp3) is 0. The Morgan fingerprint density at radius 3 is 2.62 bits per heavy atom. The summed E-state index contributed by atoms with van der Waals surface area (Å²) >= 11 is 0. The van der Waals surface area contributed by atoms with Gasteiger partial charge in [-0.25, -0.2) is 4.79 Å². The fourth-order valence-electron chi connectivity index (χ4n) is 0.164. The molecule has 4 heteroatoms. The molecule has 0 heterocycles. The van der Waals surface area contributed by atoms with Crippen LogP contribution in [0.2, 0.25) is 0 Å². The molecule has 0 aromatic carbocycles. The van der Waals surface area contributed by atoms with Gasteiger partial charge in [0.1, 0.15) is 0 Å². The lowest BCUT2D eigenvalue weighted by Gasteiger charge is -1.71. The molecule has 4 nitrogen and oxygen atoms in total.